The molecular weight excluding hydrogens is 262 g/mol. The van der Waals surface area contributed by atoms with Gasteiger partial charge in [0.25, 0.3) is 0 Å². The van der Waals surface area contributed by atoms with E-state index < -0.39 is 0 Å². The third-order valence-electron chi connectivity index (χ3n) is 4.35. The Morgan fingerprint density at radius 2 is 2.10 bits per heavy atom. The van der Waals surface area contributed by atoms with Crippen LogP contribution in [0.25, 0.3) is 10.8 Å². The lowest BCUT2D eigenvalue weighted by molar-refractivity contribution is 0.229. The molecule has 2 aromatic rings. The first-order chi connectivity index (χ1) is 10.3. The molecule has 0 atom stereocenters. The summed E-state index contributed by atoms with van der Waals surface area (Å²) < 4.78 is 5.33. The van der Waals surface area contributed by atoms with Crippen molar-refractivity contribution >= 4 is 16.6 Å². The van der Waals surface area contributed by atoms with Gasteiger partial charge in [-0.1, -0.05) is 13.0 Å². The molecule has 4 nitrogen and oxygen atoms in total. The quantitative estimate of drug-likeness (QED) is 0.936. The monoisotopic (exact) mass is 285 g/mol. The third-order valence-corrected chi connectivity index (χ3v) is 4.35. The first-order valence-electron chi connectivity index (χ1n) is 7.72. The van der Waals surface area contributed by atoms with E-state index in [1.165, 1.54) is 31.3 Å². The average Bonchev–Trinajstić information content (AvgIpc) is 2.55. The number of hydrogen-bond donors (Lipinski definition) is 1. The van der Waals surface area contributed by atoms with E-state index >= 15 is 0 Å². The maximum atomic E-state index is 5.33. The number of fused-ring (bicyclic) bond motifs is 1. The summed E-state index contributed by atoms with van der Waals surface area (Å²) in [6.45, 7) is 5.72. The van der Waals surface area contributed by atoms with Gasteiger partial charge in [-0.15, -0.1) is 0 Å². The van der Waals surface area contributed by atoms with Crippen LogP contribution >= 0.6 is 0 Å². The number of aromatic nitrogens is 1. The molecule has 1 aliphatic heterocycles. The van der Waals surface area contributed by atoms with Gasteiger partial charge in [0.05, 0.1) is 7.11 Å². The Kier molecular flexibility index (Phi) is 4.25. The van der Waals surface area contributed by atoms with Gasteiger partial charge in [0.1, 0.15) is 11.6 Å². The largest absolute Gasteiger partial charge is 0.497 e. The van der Waals surface area contributed by atoms with Crippen LogP contribution in [0.15, 0.2) is 30.5 Å². The van der Waals surface area contributed by atoms with Gasteiger partial charge in [-0.2, -0.15) is 0 Å². The van der Waals surface area contributed by atoms with Crippen molar-refractivity contribution in [2.45, 2.75) is 25.8 Å². The molecule has 1 aromatic carbocycles. The highest BCUT2D eigenvalue weighted by molar-refractivity contribution is 5.92. The lowest BCUT2D eigenvalue weighted by atomic mass is 10.0. The summed E-state index contributed by atoms with van der Waals surface area (Å²) in [6, 6.07) is 8.69. The number of nitrogens with zero attached hydrogens (tertiary/aromatic N) is 2. The van der Waals surface area contributed by atoms with Gasteiger partial charge < -0.3 is 15.0 Å². The topological polar surface area (TPSA) is 37.4 Å². The summed E-state index contributed by atoms with van der Waals surface area (Å²) in [4.78, 5) is 7.03. The number of hydrogen-bond acceptors (Lipinski definition) is 4. The fraction of sp³-hybridized carbons (Fsp3) is 0.471. The van der Waals surface area contributed by atoms with Gasteiger partial charge in [-0.3, -0.25) is 0 Å². The van der Waals surface area contributed by atoms with Gasteiger partial charge in [-0.05, 0) is 43.0 Å². The van der Waals surface area contributed by atoms with E-state index in [0.29, 0.717) is 6.04 Å². The molecule has 2 heterocycles. The number of rotatable bonds is 4. The van der Waals surface area contributed by atoms with Crippen LogP contribution in [0.5, 0.6) is 5.75 Å². The second kappa shape index (κ2) is 6.31. The van der Waals surface area contributed by atoms with Crippen LogP contribution in [-0.2, 0) is 0 Å². The molecule has 1 fully saturated rings. The van der Waals surface area contributed by atoms with Gasteiger partial charge in [0.15, 0.2) is 0 Å². The van der Waals surface area contributed by atoms with E-state index in [9.17, 15) is 0 Å². The van der Waals surface area contributed by atoms with E-state index in [1.54, 1.807) is 7.11 Å². The van der Waals surface area contributed by atoms with E-state index in [-0.39, 0.29) is 0 Å². The van der Waals surface area contributed by atoms with Crippen molar-refractivity contribution in [3.63, 3.8) is 0 Å². The van der Waals surface area contributed by atoms with Crippen LogP contribution in [0.2, 0.25) is 0 Å². The van der Waals surface area contributed by atoms with Crippen molar-refractivity contribution < 1.29 is 4.74 Å². The Morgan fingerprint density at radius 1 is 1.29 bits per heavy atom. The lowest BCUT2D eigenvalue weighted by Gasteiger charge is -2.31. The van der Waals surface area contributed by atoms with Crippen molar-refractivity contribution in [3.05, 3.63) is 30.5 Å². The zero-order valence-corrected chi connectivity index (χ0v) is 12.8. The minimum absolute atomic E-state index is 0.511. The second-order valence-corrected chi connectivity index (χ2v) is 5.60. The van der Waals surface area contributed by atoms with Crippen LogP contribution in [0.3, 0.4) is 0 Å². The molecule has 0 aliphatic carbocycles. The number of nitrogens with one attached hydrogen (secondary N) is 1. The highest BCUT2D eigenvalue weighted by Crippen LogP contribution is 2.27. The molecule has 0 spiro atoms. The first kappa shape index (κ1) is 14.1. The van der Waals surface area contributed by atoms with Crippen LogP contribution in [-0.4, -0.2) is 42.7 Å². The maximum Gasteiger partial charge on any atom is 0.134 e. The highest BCUT2D eigenvalue weighted by atomic mass is 16.5. The Morgan fingerprint density at radius 3 is 2.81 bits per heavy atom. The number of piperidine rings is 1. The van der Waals surface area contributed by atoms with Crippen LogP contribution in [0, 0.1) is 0 Å². The van der Waals surface area contributed by atoms with Gasteiger partial charge in [0, 0.05) is 30.7 Å². The molecular formula is C17H23N3O. The van der Waals surface area contributed by atoms with Gasteiger partial charge in [0.2, 0.25) is 0 Å². The standard InChI is InChI=1S/C17H23N3O/c1-3-20-10-7-14(8-11-20)19-17-16-12-15(21-2)5-4-13(16)6-9-18-17/h4-6,9,12,14H,3,7-8,10-11H2,1-2H3,(H,18,19). The summed E-state index contributed by atoms with van der Waals surface area (Å²) in [7, 11) is 1.70. The Labute approximate surface area is 126 Å². The molecule has 21 heavy (non-hydrogen) atoms. The predicted molar refractivity (Wildman–Crippen MR) is 87.1 cm³/mol. The first-order valence-corrected chi connectivity index (χ1v) is 7.72. The number of benzene rings is 1. The van der Waals surface area contributed by atoms with E-state index in [0.717, 1.165) is 23.5 Å². The summed E-state index contributed by atoms with van der Waals surface area (Å²) in [5.41, 5.74) is 0. The molecule has 3 rings (SSSR count). The van der Waals surface area contributed by atoms with E-state index in [1.807, 2.05) is 18.3 Å². The van der Waals surface area contributed by atoms with Crippen molar-refractivity contribution in [1.29, 1.82) is 0 Å². The smallest absolute Gasteiger partial charge is 0.134 e. The number of ether oxygens (including phenoxy) is 1. The van der Waals surface area contributed by atoms with Crippen molar-refractivity contribution in [2.24, 2.45) is 0 Å². The number of anilines is 1. The molecule has 0 amide bonds. The number of likely N-dealkylation sites (tertiary alicyclic amines) is 1. The third kappa shape index (κ3) is 3.10. The predicted octanol–water partition coefficient (Wildman–Crippen LogP) is 3.14. The van der Waals surface area contributed by atoms with Gasteiger partial charge in [-0.25, -0.2) is 4.98 Å². The van der Waals surface area contributed by atoms with Gasteiger partial charge >= 0.3 is 0 Å². The van der Waals surface area contributed by atoms with Crippen LogP contribution in [0.1, 0.15) is 19.8 Å². The molecule has 1 saturated heterocycles. The molecule has 1 aliphatic rings. The summed E-state index contributed by atoms with van der Waals surface area (Å²) in [6.07, 6.45) is 4.23. The Hall–Kier alpha value is -1.81. The van der Waals surface area contributed by atoms with Crippen LogP contribution in [0.4, 0.5) is 5.82 Å². The van der Waals surface area contributed by atoms with Crippen LogP contribution < -0.4 is 10.1 Å². The summed E-state index contributed by atoms with van der Waals surface area (Å²) >= 11 is 0. The summed E-state index contributed by atoms with van der Waals surface area (Å²) in [5.74, 6) is 1.85. The molecule has 0 saturated carbocycles. The molecule has 1 aromatic heterocycles. The highest BCUT2D eigenvalue weighted by Gasteiger charge is 2.18. The molecule has 0 bridgehead atoms. The maximum absolute atomic E-state index is 5.33. The fourth-order valence-electron chi connectivity index (χ4n) is 2.98. The molecule has 112 valence electrons. The van der Waals surface area contributed by atoms with E-state index in [2.05, 4.69) is 34.3 Å². The molecule has 4 heteroatoms. The number of methoxy groups -OCH3 is 1. The SMILES string of the molecule is CCN1CCC(Nc2nccc3ccc(OC)cc23)CC1. The van der Waals surface area contributed by atoms with E-state index in [4.69, 9.17) is 4.74 Å². The van der Waals surface area contributed by atoms with Crippen molar-refractivity contribution in [3.8, 4) is 5.75 Å². The molecule has 1 N–H and O–H groups in total. The van der Waals surface area contributed by atoms with Crippen molar-refractivity contribution in [2.75, 3.05) is 32.1 Å². The molecule has 0 radical (unpaired) electrons. The van der Waals surface area contributed by atoms with Crippen molar-refractivity contribution in [1.82, 2.24) is 9.88 Å². The summed E-state index contributed by atoms with van der Waals surface area (Å²) in [5, 5.41) is 5.95. The average molecular weight is 285 g/mol. The second-order valence-electron chi connectivity index (χ2n) is 5.60. The number of pyridine rings is 1. The zero-order valence-electron chi connectivity index (χ0n) is 12.8. The lowest BCUT2D eigenvalue weighted by Crippen LogP contribution is -2.39. The minimum atomic E-state index is 0.511. The Bertz CT molecular complexity index is 606. The molecule has 0 unspecified atom stereocenters. The Balaban J connectivity index is 1.80. The fourth-order valence-corrected chi connectivity index (χ4v) is 2.98. The minimum Gasteiger partial charge on any atom is -0.497 e. The zero-order chi connectivity index (χ0) is 14.7. The normalized spacial score (nSPS) is 17.0.